The summed E-state index contributed by atoms with van der Waals surface area (Å²) < 4.78 is 5.57. The number of benzene rings is 2. The van der Waals surface area contributed by atoms with Crippen molar-refractivity contribution in [2.75, 3.05) is 6.61 Å². The zero-order valence-corrected chi connectivity index (χ0v) is 18.6. The van der Waals surface area contributed by atoms with Crippen molar-refractivity contribution in [2.45, 2.75) is 56.7 Å². The van der Waals surface area contributed by atoms with E-state index in [2.05, 4.69) is 29.6 Å². The van der Waals surface area contributed by atoms with E-state index in [0.717, 1.165) is 24.0 Å². The Morgan fingerprint density at radius 2 is 1.70 bits per heavy atom. The number of fused-ring (bicyclic) bond motifs is 5. The van der Waals surface area contributed by atoms with Gasteiger partial charge in [-0.2, -0.15) is 0 Å². The maximum atomic E-state index is 12.8. The number of carboxylic acids is 1. The number of hydrogen-bond donors (Lipinski definition) is 2. The molecule has 0 radical (unpaired) electrons. The molecule has 7 heteroatoms. The van der Waals surface area contributed by atoms with Crippen molar-refractivity contribution in [3.8, 4) is 11.1 Å². The van der Waals surface area contributed by atoms with Crippen molar-refractivity contribution in [3.05, 3.63) is 59.7 Å². The van der Waals surface area contributed by atoms with Crippen molar-refractivity contribution in [1.82, 2.24) is 10.2 Å². The minimum Gasteiger partial charge on any atom is -0.481 e. The van der Waals surface area contributed by atoms with E-state index in [9.17, 15) is 19.5 Å². The lowest BCUT2D eigenvalue weighted by Gasteiger charge is -2.25. The fraction of sp³-hybridized carbons (Fsp3) is 0.423. The number of rotatable bonds is 6. The third-order valence-corrected chi connectivity index (χ3v) is 7.33. The fourth-order valence-electron chi connectivity index (χ4n) is 5.90. The first kappa shape index (κ1) is 21.5. The topological polar surface area (TPSA) is 95.9 Å². The lowest BCUT2D eigenvalue weighted by molar-refractivity contribution is -0.143. The van der Waals surface area contributed by atoms with E-state index in [4.69, 9.17) is 4.74 Å². The number of carboxylic acid groups (broad SMARTS) is 1. The Bertz CT molecular complexity index is 1050. The normalized spacial score (nSPS) is 23.7. The third-order valence-electron chi connectivity index (χ3n) is 7.33. The molecule has 33 heavy (non-hydrogen) atoms. The number of alkyl carbamates (subject to hydrolysis) is 1. The summed E-state index contributed by atoms with van der Waals surface area (Å²) in [7, 11) is 0. The third kappa shape index (κ3) is 3.86. The average molecular weight is 449 g/mol. The van der Waals surface area contributed by atoms with Gasteiger partial charge in [0.2, 0.25) is 5.91 Å². The van der Waals surface area contributed by atoms with Gasteiger partial charge in [-0.15, -0.1) is 0 Å². The quantitative estimate of drug-likeness (QED) is 0.701. The van der Waals surface area contributed by atoms with Gasteiger partial charge in [-0.1, -0.05) is 48.5 Å². The molecule has 1 unspecified atom stereocenters. The van der Waals surface area contributed by atoms with E-state index in [1.807, 2.05) is 24.3 Å². The summed E-state index contributed by atoms with van der Waals surface area (Å²) in [6, 6.07) is 15.7. The predicted molar refractivity (Wildman–Crippen MR) is 122 cm³/mol. The van der Waals surface area contributed by atoms with Gasteiger partial charge in [0.25, 0.3) is 0 Å². The number of aliphatic carboxylic acids is 1. The minimum absolute atomic E-state index is 0.00487. The van der Waals surface area contributed by atoms with Crippen LogP contribution in [0, 0.1) is 5.92 Å². The van der Waals surface area contributed by atoms with Crippen molar-refractivity contribution >= 4 is 18.0 Å². The number of carbonyl (C=O) groups excluding carboxylic acids is 2. The molecule has 1 aliphatic carbocycles. The van der Waals surface area contributed by atoms with Crippen molar-refractivity contribution in [2.24, 2.45) is 5.92 Å². The van der Waals surface area contributed by atoms with Crippen LogP contribution < -0.4 is 5.32 Å². The van der Waals surface area contributed by atoms with Gasteiger partial charge < -0.3 is 20.1 Å². The van der Waals surface area contributed by atoms with Gasteiger partial charge in [0.1, 0.15) is 6.61 Å². The van der Waals surface area contributed by atoms with E-state index in [0.29, 0.717) is 6.42 Å². The first-order valence-electron chi connectivity index (χ1n) is 11.6. The molecule has 5 rings (SSSR count). The van der Waals surface area contributed by atoms with E-state index in [1.165, 1.54) is 11.1 Å². The maximum absolute atomic E-state index is 12.8. The molecule has 0 aromatic heterocycles. The summed E-state index contributed by atoms with van der Waals surface area (Å²) in [4.78, 5) is 38.5. The molecule has 0 saturated carbocycles. The standard InChI is InChI=1S/C26H28N2O5/c1-15(12-24(29)28-16-10-11-23(28)21(13-16)25(30)31)27-26(32)33-14-22-19-8-4-2-6-17(19)18-7-3-5-9-20(18)22/h2-9,15-16,21-23H,10-14H2,1H3,(H,27,32)(H,30,31)/t15?,16-,21+,23+/m1/s1. The molecule has 2 heterocycles. The van der Waals surface area contributed by atoms with Gasteiger partial charge in [0.05, 0.1) is 5.92 Å². The molecule has 2 amide bonds. The average Bonchev–Trinajstić information content (AvgIpc) is 3.47. The number of carbonyl (C=O) groups is 3. The molecule has 2 aromatic rings. The molecule has 172 valence electrons. The zero-order valence-electron chi connectivity index (χ0n) is 18.6. The van der Waals surface area contributed by atoms with Crippen LogP contribution in [-0.2, 0) is 14.3 Å². The van der Waals surface area contributed by atoms with Crippen LogP contribution in [0.1, 0.15) is 49.7 Å². The van der Waals surface area contributed by atoms with Gasteiger partial charge in [-0.05, 0) is 48.4 Å². The van der Waals surface area contributed by atoms with Crippen LogP contribution in [-0.4, -0.2) is 52.7 Å². The second-order valence-electron chi connectivity index (χ2n) is 9.36. The number of hydrogen-bond acceptors (Lipinski definition) is 4. The van der Waals surface area contributed by atoms with Crippen LogP contribution in [0.2, 0.25) is 0 Å². The molecule has 2 fully saturated rings. The van der Waals surface area contributed by atoms with E-state index >= 15 is 0 Å². The van der Waals surface area contributed by atoms with Crippen LogP contribution in [0.3, 0.4) is 0 Å². The van der Waals surface area contributed by atoms with Gasteiger partial charge in [0.15, 0.2) is 0 Å². The molecular weight excluding hydrogens is 420 g/mol. The molecule has 3 aliphatic rings. The summed E-state index contributed by atoms with van der Waals surface area (Å²) in [5, 5.41) is 12.2. The largest absolute Gasteiger partial charge is 0.481 e. The number of ether oxygens (including phenoxy) is 1. The fourth-order valence-corrected chi connectivity index (χ4v) is 5.90. The molecule has 0 spiro atoms. The second-order valence-corrected chi connectivity index (χ2v) is 9.36. The Balaban J connectivity index is 1.16. The van der Waals surface area contributed by atoms with Gasteiger partial charge in [0, 0.05) is 30.5 Å². The van der Waals surface area contributed by atoms with Crippen LogP contribution in [0.4, 0.5) is 4.79 Å². The van der Waals surface area contributed by atoms with Crippen LogP contribution in [0.5, 0.6) is 0 Å². The van der Waals surface area contributed by atoms with E-state index in [1.54, 1.807) is 11.8 Å². The predicted octanol–water partition coefficient (Wildman–Crippen LogP) is 3.77. The summed E-state index contributed by atoms with van der Waals surface area (Å²) in [5.74, 6) is -1.42. The van der Waals surface area contributed by atoms with Crippen LogP contribution in [0.15, 0.2) is 48.5 Å². The van der Waals surface area contributed by atoms with Crippen molar-refractivity contribution in [3.63, 3.8) is 0 Å². The Morgan fingerprint density at radius 3 is 2.30 bits per heavy atom. The lowest BCUT2D eigenvalue weighted by Crippen LogP contribution is -2.42. The summed E-state index contributed by atoms with van der Waals surface area (Å²) in [6.07, 6.45) is 1.70. The Labute approximate surface area is 192 Å². The molecule has 2 N–H and O–H groups in total. The van der Waals surface area contributed by atoms with E-state index in [-0.39, 0.29) is 36.9 Å². The first-order chi connectivity index (χ1) is 15.9. The Kier molecular flexibility index (Phi) is 5.56. The minimum atomic E-state index is -0.829. The molecule has 4 atom stereocenters. The van der Waals surface area contributed by atoms with Crippen molar-refractivity contribution < 1.29 is 24.2 Å². The number of nitrogens with zero attached hydrogens (tertiary/aromatic N) is 1. The first-order valence-corrected chi connectivity index (χ1v) is 11.6. The molecule has 2 aliphatic heterocycles. The highest BCUT2D eigenvalue weighted by Gasteiger charge is 2.51. The molecule has 2 saturated heterocycles. The van der Waals surface area contributed by atoms with Gasteiger partial charge in [-0.25, -0.2) is 4.79 Å². The molecular formula is C26H28N2O5. The number of nitrogens with one attached hydrogen (secondary N) is 1. The Hall–Kier alpha value is -3.35. The second kappa shape index (κ2) is 8.54. The zero-order chi connectivity index (χ0) is 23.1. The SMILES string of the molecule is CC(CC(=O)N1[C@@H]2CC[C@H]1[C@@H](C(=O)O)C2)NC(=O)OCC1c2ccccc2-c2ccccc21. The van der Waals surface area contributed by atoms with Crippen LogP contribution >= 0.6 is 0 Å². The summed E-state index contributed by atoms with van der Waals surface area (Å²) in [6.45, 7) is 1.99. The van der Waals surface area contributed by atoms with Gasteiger partial charge >= 0.3 is 12.1 Å². The van der Waals surface area contributed by atoms with E-state index < -0.39 is 24.0 Å². The Morgan fingerprint density at radius 1 is 1.06 bits per heavy atom. The highest BCUT2D eigenvalue weighted by atomic mass is 16.5. The van der Waals surface area contributed by atoms with Crippen molar-refractivity contribution in [1.29, 1.82) is 0 Å². The lowest BCUT2D eigenvalue weighted by atomic mass is 9.89. The highest BCUT2D eigenvalue weighted by molar-refractivity contribution is 5.82. The molecule has 7 nitrogen and oxygen atoms in total. The summed E-state index contributed by atoms with van der Waals surface area (Å²) in [5.41, 5.74) is 4.63. The van der Waals surface area contributed by atoms with Gasteiger partial charge in [-0.3, -0.25) is 9.59 Å². The smallest absolute Gasteiger partial charge is 0.407 e. The monoisotopic (exact) mass is 448 g/mol. The molecule has 2 aromatic carbocycles. The van der Waals surface area contributed by atoms with Crippen LogP contribution in [0.25, 0.3) is 11.1 Å². The highest BCUT2D eigenvalue weighted by Crippen LogP contribution is 2.44. The number of amides is 2. The maximum Gasteiger partial charge on any atom is 0.407 e. The summed E-state index contributed by atoms with van der Waals surface area (Å²) >= 11 is 0. The molecule has 2 bridgehead atoms.